The third-order valence-corrected chi connectivity index (χ3v) is 8.41. The molecule has 202 valence electrons. The monoisotopic (exact) mass is 542 g/mol. The first-order valence-corrected chi connectivity index (χ1v) is 14.4. The van der Waals surface area contributed by atoms with E-state index in [1.54, 1.807) is 18.2 Å². The maximum absolute atomic E-state index is 12.7. The SMILES string of the molecule is O=C(NCCN1CCN(CCSC(c2ccccc2)c2ccccn2)CC1)c1cc2cccc(O)c2cc1O. The molecule has 0 radical (unpaired) electrons. The van der Waals surface area contributed by atoms with Crippen molar-refractivity contribution >= 4 is 28.4 Å². The van der Waals surface area contributed by atoms with Gasteiger partial charge in [0.1, 0.15) is 11.5 Å². The Morgan fingerprint density at radius 1 is 0.872 bits per heavy atom. The Kier molecular flexibility index (Phi) is 8.98. The maximum Gasteiger partial charge on any atom is 0.255 e. The number of aromatic nitrogens is 1. The smallest absolute Gasteiger partial charge is 0.255 e. The molecule has 0 spiro atoms. The summed E-state index contributed by atoms with van der Waals surface area (Å²) in [7, 11) is 0. The maximum atomic E-state index is 12.7. The Hall–Kier alpha value is -3.59. The minimum Gasteiger partial charge on any atom is -0.507 e. The highest BCUT2D eigenvalue weighted by Gasteiger charge is 2.20. The summed E-state index contributed by atoms with van der Waals surface area (Å²) < 4.78 is 0. The van der Waals surface area contributed by atoms with E-state index in [-0.39, 0.29) is 28.2 Å². The lowest BCUT2D eigenvalue weighted by atomic mass is 10.0. The lowest BCUT2D eigenvalue weighted by Gasteiger charge is -2.34. The lowest BCUT2D eigenvalue weighted by molar-refractivity contribution is 0.0935. The van der Waals surface area contributed by atoms with E-state index < -0.39 is 0 Å². The van der Waals surface area contributed by atoms with Crippen LogP contribution in [0.4, 0.5) is 0 Å². The van der Waals surface area contributed by atoms with E-state index in [1.165, 1.54) is 11.6 Å². The summed E-state index contributed by atoms with van der Waals surface area (Å²) >= 11 is 1.94. The van der Waals surface area contributed by atoms with Crippen LogP contribution in [-0.4, -0.2) is 82.5 Å². The van der Waals surface area contributed by atoms with Crippen molar-refractivity contribution in [1.29, 1.82) is 0 Å². The number of piperazine rings is 1. The van der Waals surface area contributed by atoms with Crippen molar-refractivity contribution < 1.29 is 15.0 Å². The van der Waals surface area contributed by atoms with Gasteiger partial charge in [-0.05, 0) is 41.3 Å². The fourth-order valence-electron chi connectivity index (χ4n) is 4.95. The number of hydrogen-bond donors (Lipinski definition) is 3. The van der Waals surface area contributed by atoms with Crippen LogP contribution in [0.25, 0.3) is 10.8 Å². The number of amides is 1. The number of carbonyl (C=O) groups excluding carboxylic acids is 1. The molecule has 1 amide bonds. The fraction of sp³-hybridized carbons (Fsp3) is 0.290. The summed E-state index contributed by atoms with van der Waals surface area (Å²) in [6, 6.07) is 24.8. The van der Waals surface area contributed by atoms with E-state index in [4.69, 9.17) is 0 Å². The van der Waals surface area contributed by atoms with Crippen LogP contribution in [0.1, 0.15) is 26.9 Å². The number of nitrogens with one attached hydrogen (secondary N) is 1. The Morgan fingerprint density at radius 2 is 1.62 bits per heavy atom. The molecule has 8 heteroatoms. The van der Waals surface area contributed by atoms with E-state index in [9.17, 15) is 15.0 Å². The van der Waals surface area contributed by atoms with Gasteiger partial charge in [0.15, 0.2) is 0 Å². The van der Waals surface area contributed by atoms with Crippen LogP contribution in [0.2, 0.25) is 0 Å². The second kappa shape index (κ2) is 13.0. The third kappa shape index (κ3) is 6.89. The largest absolute Gasteiger partial charge is 0.507 e. The number of rotatable bonds is 10. The summed E-state index contributed by atoms with van der Waals surface area (Å²) in [6.45, 7) is 6.23. The van der Waals surface area contributed by atoms with E-state index in [1.807, 2.05) is 36.2 Å². The first kappa shape index (κ1) is 27.0. The molecule has 4 aromatic rings. The average molecular weight is 543 g/mol. The van der Waals surface area contributed by atoms with Gasteiger partial charge < -0.3 is 15.5 Å². The number of pyridine rings is 1. The van der Waals surface area contributed by atoms with Gasteiger partial charge in [-0.25, -0.2) is 0 Å². The molecule has 0 aliphatic carbocycles. The van der Waals surface area contributed by atoms with Crippen LogP contribution in [0.5, 0.6) is 11.5 Å². The lowest BCUT2D eigenvalue weighted by Crippen LogP contribution is -2.48. The number of aromatic hydroxyl groups is 2. The predicted molar refractivity (Wildman–Crippen MR) is 157 cm³/mol. The highest BCUT2D eigenvalue weighted by molar-refractivity contribution is 7.99. The van der Waals surface area contributed by atoms with Crippen LogP contribution in [0.15, 0.2) is 85.1 Å². The minimum absolute atomic E-state index is 0.0803. The number of thioether (sulfide) groups is 1. The zero-order valence-electron chi connectivity index (χ0n) is 21.9. The molecule has 3 N–H and O–H groups in total. The summed E-state index contributed by atoms with van der Waals surface area (Å²) in [5, 5.41) is 24.7. The summed E-state index contributed by atoms with van der Waals surface area (Å²) in [5.41, 5.74) is 2.59. The summed E-state index contributed by atoms with van der Waals surface area (Å²) in [4.78, 5) is 22.2. The quantitative estimate of drug-likeness (QED) is 0.272. The van der Waals surface area contributed by atoms with E-state index in [0.717, 1.165) is 50.7 Å². The number of benzene rings is 3. The Labute approximate surface area is 233 Å². The second-order valence-electron chi connectivity index (χ2n) is 9.72. The highest BCUT2D eigenvalue weighted by atomic mass is 32.2. The molecule has 1 atom stereocenters. The zero-order chi connectivity index (χ0) is 27.0. The molecule has 7 nitrogen and oxygen atoms in total. The molecule has 39 heavy (non-hydrogen) atoms. The van der Waals surface area contributed by atoms with E-state index in [2.05, 4.69) is 56.5 Å². The van der Waals surface area contributed by atoms with Gasteiger partial charge >= 0.3 is 0 Å². The van der Waals surface area contributed by atoms with Crippen LogP contribution in [0, 0.1) is 0 Å². The van der Waals surface area contributed by atoms with Crippen molar-refractivity contribution in [2.24, 2.45) is 0 Å². The number of hydrogen-bond acceptors (Lipinski definition) is 7. The van der Waals surface area contributed by atoms with Gasteiger partial charge in [0.2, 0.25) is 0 Å². The topological polar surface area (TPSA) is 88.9 Å². The van der Waals surface area contributed by atoms with Gasteiger partial charge in [-0.1, -0.05) is 48.5 Å². The average Bonchev–Trinajstić information content (AvgIpc) is 2.97. The van der Waals surface area contributed by atoms with Crippen molar-refractivity contribution in [2.45, 2.75) is 5.25 Å². The van der Waals surface area contributed by atoms with Crippen molar-refractivity contribution in [1.82, 2.24) is 20.1 Å². The van der Waals surface area contributed by atoms with Gasteiger partial charge in [0, 0.05) is 63.1 Å². The van der Waals surface area contributed by atoms with Crippen LogP contribution in [-0.2, 0) is 0 Å². The highest BCUT2D eigenvalue weighted by Crippen LogP contribution is 2.34. The van der Waals surface area contributed by atoms with Gasteiger partial charge in [0.05, 0.1) is 16.5 Å². The van der Waals surface area contributed by atoms with E-state index in [0.29, 0.717) is 17.3 Å². The molecule has 1 unspecified atom stereocenters. The number of phenolic OH excluding ortho intramolecular Hbond substituents is 2. The molecule has 2 heterocycles. The molecule has 1 aliphatic rings. The van der Waals surface area contributed by atoms with Crippen molar-refractivity contribution in [3.8, 4) is 11.5 Å². The Morgan fingerprint density at radius 3 is 2.36 bits per heavy atom. The van der Waals surface area contributed by atoms with Gasteiger partial charge in [-0.2, -0.15) is 0 Å². The van der Waals surface area contributed by atoms with Crippen LogP contribution >= 0.6 is 11.8 Å². The number of phenols is 2. The number of nitrogens with zero attached hydrogens (tertiary/aromatic N) is 3. The Balaban J connectivity index is 1.05. The van der Waals surface area contributed by atoms with Gasteiger partial charge in [0.25, 0.3) is 5.91 Å². The molecule has 1 aromatic heterocycles. The third-order valence-electron chi connectivity index (χ3n) is 7.15. The molecule has 0 bridgehead atoms. The normalized spacial score (nSPS) is 15.3. The standard InChI is InChI=1S/C31H34N4O3S/c36-28-11-6-9-24-21-26(29(37)22-25(24)28)31(38)33-13-14-34-15-17-35(18-16-34)19-20-39-30(23-7-2-1-3-8-23)27-10-4-5-12-32-27/h1-12,21-22,30,36-37H,13-20H2,(H,33,38). The second-order valence-corrected chi connectivity index (χ2v) is 10.9. The fourth-order valence-corrected chi connectivity index (χ4v) is 6.21. The molecular weight excluding hydrogens is 508 g/mol. The molecule has 1 fully saturated rings. The van der Waals surface area contributed by atoms with Crippen molar-refractivity contribution in [3.05, 3.63) is 102 Å². The predicted octanol–water partition coefficient (Wildman–Crippen LogP) is 4.52. The molecule has 1 aliphatic heterocycles. The van der Waals surface area contributed by atoms with Crippen molar-refractivity contribution in [3.63, 3.8) is 0 Å². The summed E-state index contributed by atoms with van der Waals surface area (Å²) in [6.07, 6.45) is 1.86. The first-order valence-electron chi connectivity index (χ1n) is 13.3. The number of fused-ring (bicyclic) bond motifs is 1. The van der Waals surface area contributed by atoms with Crippen LogP contribution < -0.4 is 5.32 Å². The van der Waals surface area contributed by atoms with E-state index >= 15 is 0 Å². The molecule has 1 saturated heterocycles. The van der Waals surface area contributed by atoms with Gasteiger partial charge in [-0.3, -0.25) is 19.6 Å². The molecule has 0 saturated carbocycles. The van der Waals surface area contributed by atoms with Crippen molar-refractivity contribution in [2.75, 3.05) is 51.6 Å². The minimum atomic E-state index is -0.311. The number of carbonyl (C=O) groups is 1. The molecule has 5 rings (SSSR count). The zero-order valence-corrected chi connectivity index (χ0v) is 22.7. The summed E-state index contributed by atoms with van der Waals surface area (Å²) in [5.74, 6) is 0.663. The molecule has 3 aromatic carbocycles. The Bertz CT molecular complexity index is 1340. The van der Waals surface area contributed by atoms with Crippen LogP contribution in [0.3, 0.4) is 0 Å². The first-order chi connectivity index (χ1) is 19.1. The molecular formula is C31H34N4O3S. The van der Waals surface area contributed by atoms with Gasteiger partial charge in [-0.15, -0.1) is 11.8 Å².